The number of hydrogen-bond donors (Lipinski definition) is 1. The molecule has 5 rings (SSSR count). The number of carboxylic acid groups (broad SMARTS) is 1. The highest BCUT2D eigenvalue weighted by Gasteiger charge is 2.14. The lowest BCUT2D eigenvalue weighted by Crippen LogP contribution is -2.00. The minimum absolute atomic E-state index is 0.0318. The fourth-order valence-corrected chi connectivity index (χ4v) is 5.19. The number of aromatic nitrogens is 1. The number of hydrogen-bond acceptors (Lipinski definition) is 3. The van der Waals surface area contributed by atoms with Crippen molar-refractivity contribution >= 4 is 49.9 Å². The Morgan fingerprint density at radius 2 is 1.78 bits per heavy atom. The number of fused-ring (bicyclic) bond motifs is 2. The maximum absolute atomic E-state index is 11.5. The van der Waals surface area contributed by atoms with Gasteiger partial charge in [0.25, 0.3) is 0 Å². The summed E-state index contributed by atoms with van der Waals surface area (Å²) in [6, 6.07) is 21.6. The maximum atomic E-state index is 11.5. The third-order valence-electron chi connectivity index (χ3n) is 5.61. The number of nitriles is 1. The summed E-state index contributed by atoms with van der Waals surface area (Å²) >= 11 is 7.91. The summed E-state index contributed by atoms with van der Waals surface area (Å²) in [5, 5.41) is 23.3. The van der Waals surface area contributed by atoms with E-state index in [4.69, 9.17) is 16.9 Å². The van der Waals surface area contributed by atoms with Crippen LogP contribution in [-0.4, -0.2) is 15.6 Å². The maximum Gasteiger partial charge on any atom is 0.307 e. The average Bonchev–Trinajstić information content (AvgIpc) is 3.34. The van der Waals surface area contributed by atoms with Gasteiger partial charge in [-0.05, 0) is 69.4 Å². The van der Waals surface area contributed by atoms with Crippen molar-refractivity contribution in [3.05, 3.63) is 94.0 Å². The van der Waals surface area contributed by atoms with Crippen LogP contribution < -0.4 is 0 Å². The minimum Gasteiger partial charge on any atom is -0.481 e. The van der Waals surface area contributed by atoms with Crippen LogP contribution in [0.4, 0.5) is 0 Å². The van der Waals surface area contributed by atoms with Crippen LogP contribution in [-0.2, 0) is 17.8 Å². The summed E-state index contributed by atoms with van der Waals surface area (Å²) < 4.78 is 3.29. The molecule has 0 saturated carbocycles. The molecule has 0 aliphatic carbocycles. The van der Waals surface area contributed by atoms with Crippen molar-refractivity contribution in [2.24, 2.45) is 0 Å². The number of benzene rings is 3. The van der Waals surface area contributed by atoms with Crippen molar-refractivity contribution in [1.29, 1.82) is 5.26 Å². The van der Waals surface area contributed by atoms with Crippen molar-refractivity contribution in [2.45, 2.75) is 13.0 Å². The van der Waals surface area contributed by atoms with Crippen LogP contribution in [0.3, 0.4) is 0 Å². The van der Waals surface area contributed by atoms with Gasteiger partial charge in [0.2, 0.25) is 0 Å². The highest BCUT2D eigenvalue weighted by molar-refractivity contribution is 7.17. The lowest BCUT2D eigenvalue weighted by Gasteiger charge is -2.08. The van der Waals surface area contributed by atoms with Gasteiger partial charge in [-0.3, -0.25) is 4.79 Å². The summed E-state index contributed by atoms with van der Waals surface area (Å²) in [7, 11) is 0. The van der Waals surface area contributed by atoms with Crippen molar-refractivity contribution in [1.82, 2.24) is 4.57 Å². The Kier molecular flexibility index (Phi) is 5.18. The Labute approximate surface area is 193 Å². The van der Waals surface area contributed by atoms with E-state index in [1.165, 1.54) is 4.70 Å². The Bertz CT molecular complexity index is 1520. The molecule has 4 nitrogen and oxygen atoms in total. The predicted molar refractivity (Wildman–Crippen MR) is 129 cm³/mol. The Morgan fingerprint density at radius 1 is 1.00 bits per heavy atom. The van der Waals surface area contributed by atoms with Crippen LogP contribution in [0.5, 0.6) is 0 Å². The van der Waals surface area contributed by atoms with Gasteiger partial charge in [-0.15, -0.1) is 11.3 Å². The molecule has 0 radical (unpaired) electrons. The van der Waals surface area contributed by atoms with Crippen molar-refractivity contribution in [2.75, 3.05) is 0 Å². The molecular formula is C26H17ClN2O2S. The lowest BCUT2D eigenvalue weighted by atomic mass is 10.0. The summed E-state index contributed by atoms with van der Waals surface area (Å²) in [6.07, 6.45) is 1.91. The normalized spacial score (nSPS) is 11.1. The molecule has 2 heterocycles. The molecular weight excluding hydrogens is 440 g/mol. The Hall–Kier alpha value is -3.59. The number of carbonyl (C=O) groups is 1. The van der Waals surface area contributed by atoms with E-state index >= 15 is 0 Å². The fourth-order valence-electron chi connectivity index (χ4n) is 4.08. The van der Waals surface area contributed by atoms with Gasteiger partial charge in [-0.2, -0.15) is 5.26 Å². The summed E-state index contributed by atoms with van der Waals surface area (Å²) in [6.45, 7) is 0.618. The predicted octanol–water partition coefficient (Wildman–Crippen LogP) is 6.72. The lowest BCUT2D eigenvalue weighted by molar-refractivity contribution is -0.136. The standard InChI is InChI=1S/C26H17ClN2O2S/c27-21-6-8-25-23(11-21)20(15-32-25)14-29-13-19(10-26(30)31)22-7-5-18(9-24(22)29)17-3-1-16(12-28)2-4-17/h1-9,11,13,15H,10,14H2,(H,30,31). The zero-order valence-electron chi connectivity index (χ0n) is 16.9. The van der Waals surface area contributed by atoms with Gasteiger partial charge >= 0.3 is 5.97 Å². The number of nitrogens with zero attached hydrogens (tertiary/aromatic N) is 2. The molecule has 0 unspecified atom stereocenters. The van der Waals surface area contributed by atoms with E-state index in [1.807, 2.05) is 48.7 Å². The van der Waals surface area contributed by atoms with Crippen LogP contribution in [0.2, 0.25) is 5.02 Å². The van der Waals surface area contributed by atoms with Crippen LogP contribution in [0.15, 0.2) is 72.2 Å². The highest BCUT2D eigenvalue weighted by atomic mass is 35.5. The second-order valence-corrected chi connectivity index (χ2v) is 9.02. The molecule has 0 amide bonds. The molecule has 6 heteroatoms. The third-order valence-corrected chi connectivity index (χ3v) is 6.86. The number of carboxylic acids is 1. The largest absolute Gasteiger partial charge is 0.481 e. The van der Waals surface area contributed by atoms with Gasteiger partial charge in [0.1, 0.15) is 0 Å². The molecule has 0 atom stereocenters. The molecule has 0 bridgehead atoms. The molecule has 0 spiro atoms. The van der Waals surface area contributed by atoms with Crippen LogP contribution in [0.1, 0.15) is 16.7 Å². The number of aliphatic carboxylic acids is 1. The van der Waals surface area contributed by atoms with Crippen LogP contribution in [0.25, 0.3) is 32.1 Å². The first-order valence-corrected chi connectivity index (χ1v) is 11.3. The summed E-state index contributed by atoms with van der Waals surface area (Å²) in [4.78, 5) is 11.5. The van der Waals surface area contributed by atoms with Crippen molar-refractivity contribution in [3.8, 4) is 17.2 Å². The molecule has 5 aromatic rings. The van der Waals surface area contributed by atoms with E-state index in [2.05, 4.69) is 22.1 Å². The molecule has 156 valence electrons. The SMILES string of the molecule is N#Cc1ccc(-c2ccc3c(CC(=O)O)cn(Cc4csc5ccc(Cl)cc45)c3c2)cc1. The molecule has 0 aliphatic heterocycles. The monoisotopic (exact) mass is 456 g/mol. The Morgan fingerprint density at radius 3 is 2.53 bits per heavy atom. The fraction of sp³-hybridized carbons (Fsp3) is 0.0769. The Balaban J connectivity index is 1.63. The zero-order chi connectivity index (χ0) is 22.2. The van der Waals surface area contributed by atoms with Gasteiger partial charge in [0.15, 0.2) is 0 Å². The zero-order valence-corrected chi connectivity index (χ0v) is 18.5. The quantitative estimate of drug-likeness (QED) is 0.319. The summed E-state index contributed by atoms with van der Waals surface area (Å²) in [5.74, 6) is -0.854. The van der Waals surface area contributed by atoms with Crippen molar-refractivity contribution in [3.63, 3.8) is 0 Å². The van der Waals surface area contributed by atoms with E-state index in [0.29, 0.717) is 17.1 Å². The van der Waals surface area contributed by atoms with Gasteiger partial charge < -0.3 is 9.67 Å². The molecule has 0 aliphatic rings. The molecule has 32 heavy (non-hydrogen) atoms. The van der Waals surface area contributed by atoms with Gasteiger partial charge in [0, 0.05) is 33.4 Å². The molecule has 2 aromatic heterocycles. The highest BCUT2D eigenvalue weighted by Crippen LogP contribution is 2.32. The first kappa shape index (κ1) is 20.3. The number of rotatable bonds is 5. The van der Waals surface area contributed by atoms with Crippen LogP contribution >= 0.6 is 22.9 Å². The second-order valence-electron chi connectivity index (χ2n) is 7.68. The molecule has 0 fully saturated rings. The van der Waals surface area contributed by atoms with E-state index in [0.717, 1.165) is 38.5 Å². The summed E-state index contributed by atoms with van der Waals surface area (Å²) in [5.41, 5.74) is 5.55. The van der Waals surface area contributed by atoms with E-state index < -0.39 is 5.97 Å². The first-order valence-electron chi connectivity index (χ1n) is 10.0. The van der Waals surface area contributed by atoms with Crippen molar-refractivity contribution < 1.29 is 9.90 Å². The van der Waals surface area contributed by atoms with Crippen LogP contribution in [0, 0.1) is 11.3 Å². The van der Waals surface area contributed by atoms with Gasteiger partial charge in [0.05, 0.1) is 18.1 Å². The van der Waals surface area contributed by atoms with E-state index in [-0.39, 0.29) is 6.42 Å². The molecule has 1 N–H and O–H groups in total. The molecule has 0 saturated heterocycles. The third kappa shape index (κ3) is 3.75. The second kappa shape index (κ2) is 8.16. The molecule has 3 aromatic carbocycles. The van der Waals surface area contributed by atoms with E-state index in [9.17, 15) is 9.90 Å². The topological polar surface area (TPSA) is 66.0 Å². The average molecular weight is 457 g/mol. The minimum atomic E-state index is -0.854. The smallest absolute Gasteiger partial charge is 0.307 e. The first-order chi connectivity index (χ1) is 15.5. The van der Waals surface area contributed by atoms with E-state index in [1.54, 1.807) is 23.5 Å². The van der Waals surface area contributed by atoms with Gasteiger partial charge in [-0.25, -0.2) is 0 Å². The number of thiophene rings is 1. The number of halogens is 1. The van der Waals surface area contributed by atoms with Gasteiger partial charge in [-0.1, -0.05) is 35.9 Å².